The first kappa shape index (κ1) is 15.9. The van der Waals surface area contributed by atoms with Gasteiger partial charge in [-0.1, -0.05) is 0 Å². The van der Waals surface area contributed by atoms with Gasteiger partial charge in [-0.05, 0) is 37.3 Å². The van der Waals surface area contributed by atoms with Crippen molar-refractivity contribution in [3.8, 4) is 6.07 Å². The molecule has 3 heterocycles. The highest BCUT2D eigenvalue weighted by Gasteiger charge is 2.24. The Morgan fingerprint density at radius 2 is 2.30 bits per heavy atom. The summed E-state index contributed by atoms with van der Waals surface area (Å²) in [4.78, 5) is 24.1. The average molecular weight is 314 g/mol. The number of aryl methyl sites for hydroxylation is 1. The molecular formula is C17H22N4O2. The fraction of sp³-hybridized carbons (Fsp3) is 0.588. The van der Waals surface area contributed by atoms with E-state index in [-0.39, 0.29) is 5.91 Å². The number of pyridine rings is 1. The number of hydroxylamine groups is 2. The van der Waals surface area contributed by atoms with Crippen molar-refractivity contribution in [1.82, 2.24) is 14.9 Å². The minimum atomic E-state index is 0.143. The number of hydrogen-bond acceptors (Lipinski definition) is 5. The maximum atomic E-state index is 12.4. The lowest BCUT2D eigenvalue weighted by molar-refractivity contribution is -0.182. The van der Waals surface area contributed by atoms with Crippen molar-refractivity contribution in [3.05, 3.63) is 28.6 Å². The van der Waals surface area contributed by atoms with Crippen molar-refractivity contribution >= 4 is 5.91 Å². The van der Waals surface area contributed by atoms with Crippen molar-refractivity contribution < 1.29 is 9.63 Å². The van der Waals surface area contributed by atoms with Crippen LogP contribution in [0.5, 0.6) is 0 Å². The molecule has 3 rings (SSSR count). The first-order valence-electron chi connectivity index (χ1n) is 8.22. The Balaban J connectivity index is 1.60. The molecule has 23 heavy (non-hydrogen) atoms. The van der Waals surface area contributed by atoms with Gasteiger partial charge >= 0.3 is 0 Å². The van der Waals surface area contributed by atoms with Gasteiger partial charge < -0.3 is 4.90 Å². The Labute approximate surface area is 136 Å². The predicted octanol–water partition coefficient (Wildman–Crippen LogP) is 1.56. The SMILES string of the molecule is Cc1ncc2c(c1C#N)CCN(C(=O)CCN1CCCCO1)C2. The highest BCUT2D eigenvalue weighted by molar-refractivity contribution is 5.76. The fourth-order valence-corrected chi connectivity index (χ4v) is 3.21. The molecule has 1 fully saturated rings. The number of aromatic nitrogens is 1. The average Bonchev–Trinajstić information content (AvgIpc) is 2.60. The third kappa shape index (κ3) is 3.52. The van der Waals surface area contributed by atoms with E-state index in [1.54, 1.807) is 6.20 Å². The van der Waals surface area contributed by atoms with Crippen molar-refractivity contribution in [2.24, 2.45) is 0 Å². The number of carbonyl (C=O) groups is 1. The lowest BCUT2D eigenvalue weighted by Crippen LogP contribution is -2.39. The molecular weight excluding hydrogens is 292 g/mol. The third-order valence-corrected chi connectivity index (χ3v) is 4.57. The van der Waals surface area contributed by atoms with Gasteiger partial charge in [0.1, 0.15) is 6.07 Å². The number of amides is 1. The Kier molecular flexibility index (Phi) is 4.89. The number of nitrogens with zero attached hydrogens (tertiary/aromatic N) is 4. The number of fused-ring (bicyclic) bond motifs is 1. The molecule has 1 aromatic rings. The van der Waals surface area contributed by atoms with Crippen molar-refractivity contribution in [2.45, 2.75) is 39.2 Å². The van der Waals surface area contributed by atoms with Crippen molar-refractivity contribution in [2.75, 3.05) is 26.2 Å². The monoisotopic (exact) mass is 314 g/mol. The van der Waals surface area contributed by atoms with Crippen LogP contribution in [-0.4, -0.2) is 47.1 Å². The van der Waals surface area contributed by atoms with E-state index in [0.717, 1.165) is 49.2 Å². The molecule has 0 aliphatic carbocycles. The minimum Gasteiger partial charge on any atom is -0.338 e. The number of hydrogen-bond donors (Lipinski definition) is 0. The zero-order valence-electron chi connectivity index (χ0n) is 13.5. The van der Waals surface area contributed by atoms with E-state index in [0.29, 0.717) is 31.6 Å². The van der Waals surface area contributed by atoms with E-state index in [9.17, 15) is 10.1 Å². The summed E-state index contributed by atoms with van der Waals surface area (Å²) in [6, 6.07) is 2.25. The van der Waals surface area contributed by atoms with Gasteiger partial charge in [-0.25, -0.2) is 0 Å². The van der Waals surface area contributed by atoms with E-state index in [4.69, 9.17) is 4.84 Å². The summed E-state index contributed by atoms with van der Waals surface area (Å²) in [5, 5.41) is 11.2. The highest BCUT2D eigenvalue weighted by atomic mass is 16.7. The molecule has 6 heteroatoms. The molecule has 0 aromatic carbocycles. The van der Waals surface area contributed by atoms with Gasteiger partial charge in [0.15, 0.2) is 0 Å². The van der Waals surface area contributed by atoms with Crippen LogP contribution in [-0.2, 0) is 22.6 Å². The molecule has 6 nitrogen and oxygen atoms in total. The van der Waals surface area contributed by atoms with Gasteiger partial charge in [0.25, 0.3) is 0 Å². The van der Waals surface area contributed by atoms with Crippen LogP contribution in [0.3, 0.4) is 0 Å². The lowest BCUT2D eigenvalue weighted by Gasteiger charge is -2.31. The molecule has 2 aliphatic rings. The van der Waals surface area contributed by atoms with Gasteiger partial charge in [-0.2, -0.15) is 10.3 Å². The molecule has 0 unspecified atom stereocenters. The fourth-order valence-electron chi connectivity index (χ4n) is 3.21. The first-order valence-corrected chi connectivity index (χ1v) is 8.22. The summed E-state index contributed by atoms with van der Waals surface area (Å²) in [7, 11) is 0. The number of rotatable bonds is 3. The third-order valence-electron chi connectivity index (χ3n) is 4.57. The summed E-state index contributed by atoms with van der Waals surface area (Å²) in [5.41, 5.74) is 3.51. The molecule has 0 radical (unpaired) electrons. The normalized spacial score (nSPS) is 18.3. The van der Waals surface area contributed by atoms with Crippen LogP contribution < -0.4 is 0 Å². The Morgan fingerprint density at radius 1 is 1.43 bits per heavy atom. The molecule has 122 valence electrons. The van der Waals surface area contributed by atoms with E-state index >= 15 is 0 Å². The summed E-state index contributed by atoms with van der Waals surface area (Å²) in [6.45, 7) is 5.40. The van der Waals surface area contributed by atoms with Gasteiger partial charge in [0, 0.05) is 38.8 Å². The van der Waals surface area contributed by atoms with Gasteiger partial charge in [-0.15, -0.1) is 0 Å². The van der Waals surface area contributed by atoms with Gasteiger partial charge in [0.2, 0.25) is 5.91 Å². The second-order valence-corrected chi connectivity index (χ2v) is 6.12. The molecule has 0 atom stereocenters. The highest BCUT2D eigenvalue weighted by Crippen LogP contribution is 2.23. The molecule has 1 aromatic heterocycles. The molecule has 0 N–H and O–H groups in total. The molecule has 1 saturated heterocycles. The quantitative estimate of drug-likeness (QED) is 0.847. The van der Waals surface area contributed by atoms with Crippen LogP contribution in [0.25, 0.3) is 0 Å². The summed E-state index contributed by atoms with van der Waals surface area (Å²) < 4.78 is 0. The van der Waals surface area contributed by atoms with Crippen LogP contribution in [0, 0.1) is 18.3 Å². The Hall–Kier alpha value is -1.97. The summed E-state index contributed by atoms with van der Waals surface area (Å²) in [6.07, 6.45) is 5.24. The van der Waals surface area contributed by atoms with Crippen molar-refractivity contribution in [3.63, 3.8) is 0 Å². The lowest BCUT2D eigenvalue weighted by atomic mass is 9.95. The maximum Gasteiger partial charge on any atom is 0.224 e. The van der Waals surface area contributed by atoms with Crippen LogP contribution in [0.15, 0.2) is 6.20 Å². The van der Waals surface area contributed by atoms with Crippen LogP contribution in [0.4, 0.5) is 0 Å². The first-order chi connectivity index (χ1) is 11.2. The van der Waals surface area contributed by atoms with E-state index in [2.05, 4.69) is 11.1 Å². The van der Waals surface area contributed by atoms with E-state index in [1.165, 1.54) is 0 Å². The smallest absolute Gasteiger partial charge is 0.224 e. The van der Waals surface area contributed by atoms with E-state index < -0.39 is 0 Å². The zero-order valence-corrected chi connectivity index (χ0v) is 13.5. The second kappa shape index (κ2) is 7.07. The Morgan fingerprint density at radius 3 is 3.04 bits per heavy atom. The molecule has 1 amide bonds. The zero-order chi connectivity index (χ0) is 16.2. The van der Waals surface area contributed by atoms with Crippen LogP contribution >= 0.6 is 0 Å². The molecule has 2 aliphatic heterocycles. The summed E-state index contributed by atoms with van der Waals surface area (Å²) >= 11 is 0. The second-order valence-electron chi connectivity index (χ2n) is 6.12. The van der Waals surface area contributed by atoms with Crippen LogP contribution in [0.1, 0.15) is 41.6 Å². The van der Waals surface area contributed by atoms with Gasteiger partial charge in [-0.3, -0.25) is 14.6 Å². The van der Waals surface area contributed by atoms with E-state index in [1.807, 2.05) is 16.9 Å². The Bertz CT molecular complexity index is 632. The topological polar surface area (TPSA) is 69.5 Å². The minimum absolute atomic E-state index is 0.143. The molecule has 0 saturated carbocycles. The van der Waals surface area contributed by atoms with Gasteiger partial charge in [0.05, 0.1) is 17.9 Å². The summed E-state index contributed by atoms with van der Waals surface area (Å²) in [5.74, 6) is 0.143. The number of nitriles is 1. The largest absolute Gasteiger partial charge is 0.338 e. The maximum absolute atomic E-state index is 12.4. The molecule has 0 spiro atoms. The number of carbonyl (C=O) groups excluding carboxylic acids is 1. The molecule has 0 bridgehead atoms. The van der Waals surface area contributed by atoms with Crippen LogP contribution in [0.2, 0.25) is 0 Å². The predicted molar refractivity (Wildman–Crippen MR) is 84.2 cm³/mol. The standard InChI is InChI=1S/C17H22N4O2/c1-13-16(10-18)15-4-7-20(12-14(15)11-19-13)17(22)5-8-21-6-2-3-9-23-21/h11H,2-9,12H2,1H3. The van der Waals surface area contributed by atoms with Crippen molar-refractivity contribution in [1.29, 1.82) is 5.26 Å².